The minimum atomic E-state index is -1.09. The van der Waals surface area contributed by atoms with E-state index in [2.05, 4.69) is 6.92 Å². The lowest BCUT2D eigenvalue weighted by atomic mass is 10.1. The average Bonchev–Trinajstić information content (AvgIpc) is 2.81. The summed E-state index contributed by atoms with van der Waals surface area (Å²) in [7, 11) is 0. The molecule has 0 fully saturated rings. The zero-order valence-electron chi connectivity index (χ0n) is 18.3. The highest BCUT2D eigenvalue weighted by molar-refractivity contribution is 5.91. The Morgan fingerprint density at radius 2 is 1.31 bits per heavy atom. The average molecular weight is 439 g/mol. The number of carbonyl (C=O) groups excluding carboxylic acids is 1. The molecule has 0 aliphatic heterocycles. The Hall–Kier alpha value is -3.21. The van der Waals surface area contributed by atoms with Gasteiger partial charge in [0.05, 0.1) is 12.2 Å². The van der Waals surface area contributed by atoms with Gasteiger partial charge in [-0.2, -0.15) is 0 Å². The van der Waals surface area contributed by atoms with Crippen LogP contribution in [0.1, 0.15) is 55.8 Å². The van der Waals surface area contributed by atoms with Crippen molar-refractivity contribution < 1.29 is 23.0 Å². The number of hydrogen-bond acceptors (Lipinski definition) is 3. The van der Waals surface area contributed by atoms with E-state index < -0.39 is 17.6 Å². The van der Waals surface area contributed by atoms with Crippen molar-refractivity contribution in [2.45, 2.75) is 45.4 Å². The summed E-state index contributed by atoms with van der Waals surface area (Å²) in [4.78, 5) is 12.1. The fraction of sp³-hybridized carbons (Fsp3) is 0.296. The van der Waals surface area contributed by atoms with Crippen LogP contribution in [-0.2, 0) is 0 Å². The highest BCUT2D eigenvalue weighted by Gasteiger charge is 2.12. The summed E-state index contributed by atoms with van der Waals surface area (Å²) < 4.78 is 37.4. The van der Waals surface area contributed by atoms with Crippen molar-refractivity contribution in [3.05, 3.63) is 83.9 Å². The summed E-state index contributed by atoms with van der Waals surface area (Å²) in [6.45, 7) is 2.94. The Labute approximate surface area is 188 Å². The van der Waals surface area contributed by atoms with Gasteiger partial charge in [0.15, 0.2) is 11.6 Å². The van der Waals surface area contributed by atoms with Gasteiger partial charge in [-0.05, 0) is 60.0 Å². The van der Waals surface area contributed by atoms with Crippen LogP contribution in [0.5, 0.6) is 11.5 Å². The number of halogens is 2. The second-order valence-corrected chi connectivity index (χ2v) is 7.68. The summed E-state index contributed by atoms with van der Waals surface area (Å²) in [5.74, 6) is -1.68. The summed E-state index contributed by atoms with van der Waals surface area (Å²) in [6.07, 6.45) is 7.39. The van der Waals surface area contributed by atoms with E-state index in [0.29, 0.717) is 5.75 Å². The third-order valence-corrected chi connectivity index (χ3v) is 5.17. The van der Waals surface area contributed by atoms with E-state index in [4.69, 9.17) is 9.47 Å². The van der Waals surface area contributed by atoms with Crippen LogP contribution in [-0.4, -0.2) is 12.6 Å². The molecule has 3 aromatic carbocycles. The highest BCUT2D eigenvalue weighted by atomic mass is 19.2. The van der Waals surface area contributed by atoms with Crippen molar-refractivity contribution >= 4 is 5.97 Å². The van der Waals surface area contributed by atoms with Gasteiger partial charge in [-0.15, -0.1) is 0 Å². The van der Waals surface area contributed by atoms with Gasteiger partial charge in [-0.3, -0.25) is 0 Å². The number of carbonyl (C=O) groups is 1. The molecule has 0 atom stereocenters. The summed E-state index contributed by atoms with van der Waals surface area (Å²) >= 11 is 0. The lowest BCUT2D eigenvalue weighted by Crippen LogP contribution is -2.09. The monoisotopic (exact) mass is 438 g/mol. The molecule has 32 heavy (non-hydrogen) atoms. The molecule has 5 heteroatoms. The molecule has 3 aromatic rings. The van der Waals surface area contributed by atoms with Crippen LogP contribution in [0.15, 0.2) is 66.7 Å². The third-order valence-electron chi connectivity index (χ3n) is 5.17. The van der Waals surface area contributed by atoms with Crippen molar-refractivity contribution in [3.8, 4) is 22.6 Å². The van der Waals surface area contributed by atoms with E-state index in [1.165, 1.54) is 38.2 Å². The molecule has 0 heterocycles. The van der Waals surface area contributed by atoms with Crippen LogP contribution in [0.2, 0.25) is 0 Å². The SMILES string of the molecule is CCCCCCCCOc1ccc(-c2ccc(OC(=O)c3ccc(F)c(F)c3)cc2)cc1. The van der Waals surface area contributed by atoms with Crippen LogP contribution in [0.25, 0.3) is 11.1 Å². The molecule has 0 unspecified atom stereocenters. The Bertz CT molecular complexity index is 998. The van der Waals surface area contributed by atoms with Crippen molar-refractivity contribution in [3.63, 3.8) is 0 Å². The summed E-state index contributed by atoms with van der Waals surface area (Å²) in [6, 6.07) is 17.8. The molecule has 0 aliphatic carbocycles. The first-order chi connectivity index (χ1) is 15.6. The summed E-state index contributed by atoms with van der Waals surface area (Å²) in [5.41, 5.74) is 1.92. The number of hydrogen-bond donors (Lipinski definition) is 0. The number of ether oxygens (including phenoxy) is 2. The summed E-state index contributed by atoms with van der Waals surface area (Å²) in [5, 5.41) is 0. The molecular weight excluding hydrogens is 410 g/mol. The minimum absolute atomic E-state index is 0.0514. The van der Waals surface area contributed by atoms with Gasteiger partial charge in [0.2, 0.25) is 0 Å². The van der Waals surface area contributed by atoms with Crippen LogP contribution >= 0.6 is 0 Å². The number of rotatable bonds is 11. The topological polar surface area (TPSA) is 35.5 Å². The van der Waals surface area contributed by atoms with E-state index in [1.54, 1.807) is 12.1 Å². The molecular formula is C27H28F2O3. The van der Waals surface area contributed by atoms with Crippen molar-refractivity contribution in [2.24, 2.45) is 0 Å². The molecule has 0 amide bonds. The molecule has 0 aliphatic rings. The maximum absolute atomic E-state index is 13.3. The van der Waals surface area contributed by atoms with Crippen LogP contribution < -0.4 is 9.47 Å². The fourth-order valence-electron chi connectivity index (χ4n) is 3.32. The molecule has 3 rings (SSSR count). The largest absolute Gasteiger partial charge is 0.494 e. The molecule has 0 spiro atoms. The van der Waals surface area contributed by atoms with Gasteiger partial charge < -0.3 is 9.47 Å². The molecule has 168 valence electrons. The van der Waals surface area contributed by atoms with Crippen molar-refractivity contribution in [1.29, 1.82) is 0 Å². The molecule has 0 bridgehead atoms. The van der Waals surface area contributed by atoms with E-state index in [0.717, 1.165) is 42.0 Å². The first-order valence-corrected chi connectivity index (χ1v) is 11.1. The maximum Gasteiger partial charge on any atom is 0.343 e. The zero-order chi connectivity index (χ0) is 22.8. The second-order valence-electron chi connectivity index (χ2n) is 7.68. The molecule has 0 saturated heterocycles. The number of benzene rings is 3. The predicted molar refractivity (Wildman–Crippen MR) is 122 cm³/mol. The Balaban J connectivity index is 1.50. The fourth-order valence-corrected chi connectivity index (χ4v) is 3.32. The van der Waals surface area contributed by atoms with E-state index in [-0.39, 0.29) is 5.56 Å². The Morgan fingerprint density at radius 1 is 0.719 bits per heavy atom. The smallest absolute Gasteiger partial charge is 0.343 e. The molecule has 3 nitrogen and oxygen atoms in total. The zero-order valence-corrected chi connectivity index (χ0v) is 18.3. The van der Waals surface area contributed by atoms with Gasteiger partial charge in [0, 0.05) is 0 Å². The van der Waals surface area contributed by atoms with Crippen molar-refractivity contribution in [1.82, 2.24) is 0 Å². The number of esters is 1. The molecule has 0 aromatic heterocycles. The first kappa shape index (κ1) is 23.5. The second kappa shape index (κ2) is 12.0. The van der Waals surface area contributed by atoms with Gasteiger partial charge in [-0.1, -0.05) is 63.3 Å². The molecule has 0 saturated carbocycles. The Morgan fingerprint density at radius 3 is 1.94 bits per heavy atom. The molecule has 0 radical (unpaired) electrons. The highest BCUT2D eigenvalue weighted by Crippen LogP contribution is 2.25. The lowest BCUT2D eigenvalue weighted by Gasteiger charge is -2.09. The van der Waals surface area contributed by atoms with E-state index in [1.807, 2.05) is 36.4 Å². The standard InChI is InChI=1S/C27H28F2O3/c1-2-3-4-5-6-7-18-31-23-13-8-20(9-14-23)21-10-15-24(16-11-21)32-27(30)22-12-17-25(28)26(29)19-22/h8-17,19H,2-7,18H2,1H3. The van der Waals surface area contributed by atoms with Crippen LogP contribution in [0.3, 0.4) is 0 Å². The van der Waals surface area contributed by atoms with Crippen molar-refractivity contribution in [2.75, 3.05) is 6.61 Å². The normalized spacial score (nSPS) is 10.7. The van der Waals surface area contributed by atoms with E-state index in [9.17, 15) is 13.6 Å². The first-order valence-electron chi connectivity index (χ1n) is 11.1. The number of unbranched alkanes of at least 4 members (excludes halogenated alkanes) is 5. The van der Waals surface area contributed by atoms with Gasteiger partial charge in [0.1, 0.15) is 11.5 Å². The predicted octanol–water partition coefficient (Wildman–Crippen LogP) is 7.59. The van der Waals surface area contributed by atoms with E-state index >= 15 is 0 Å². The maximum atomic E-state index is 13.3. The quantitative estimate of drug-likeness (QED) is 0.176. The minimum Gasteiger partial charge on any atom is -0.494 e. The molecule has 0 N–H and O–H groups in total. The van der Waals surface area contributed by atoms with Crippen LogP contribution in [0, 0.1) is 11.6 Å². The van der Waals surface area contributed by atoms with Gasteiger partial charge in [0.25, 0.3) is 0 Å². The van der Waals surface area contributed by atoms with Crippen LogP contribution in [0.4, 0.5) is 8.78 Å². The Kier molecular flexibility index (Phi) is 8.79. The van der Waals surface area contributed by atoms with Gasteiger partial charge >= 0.3 is 5.97 Å². The lowest BCUT2D eigenvalue weighted by molar-refractivity contribution is 0.0734. The van der Waals surface area contributed by atoms with Gasteiger partial charge in [-0.25, -0.2) is 13.6 Å². The third kappa shape index (κ3) is 6.91.